The number of rotatable bonds is 7. The van der Waals surface area contributed by atoms with Crippen molar-refractivity contribution < 1.29 is 14.3 Å². The van der Waals surface area contributed by atoms with Crippen LogP contribution in [-0.4, -0.2) is 69.5 Å². The summed E-state index contributed by atoms with van der Waals surface area (Å²) in [5.41, 5.74) is 0. The lowest BCUT2D eigenvalue weighted by Gasteiger charge is -2.23. The summed E-state index contributed by atoms with van der Waals surface area (Å²) in [4.78, 5) is 17.5. The second kappa shape index (κ2) is 8.95. The highest BCUT2D eigenvalue weighted by Crippen LogP contribution is 2.21. The van der Waals surface area contributed by atoms with E-state index in [1.165, 1.54) is 4.90 Å². The summed E-state index contributed by atoms with van der Waals surface area (Å²) in [5.74, 6) is 0.594. The van der Waals surface area contributed by atoms with Crippen LogP contribution in [0.15, 0.2) is 4.99 Å². The SMILES string of the molecule is CC(C)CNC(=NCC(=O)N(C)C)NCCC1(C)OCCO1. The fourth-order valence-corrected chi connectivity index (χ4v) is 1.87. The average Bonchev–Trinajstić information content (AvgIpc) is 2.87. The number of aliphatic imine (C=N–C) groups is 1. The molecule has 0 radical (unpaired) electrons. The van der Waals surface area contributed by atoms with Crippen molar-refractivity contribution in [2.75, 3.05) is 46.9 Å². The zero-order valence-corrected chi connectivity index (χ0v) is 14.4. The number of hydrogen-bond acceptors (Lipinski definition) is 4. The number of likely N-dealkylation sites (N-methyl/N-ethyl adjacent to an activating group) is 1. The van der Waals surface area contributed by atoms with Gasteiger partial charge in [0.05, 0.1) is 13.2 Å². The maximum atomic E-state index is 11.6. The largest absolute Gasteiger partial charge is 0.356 e. The maximum absolute atomic E-state index is 11.6. The number of amides is 1. The average molecular weight is 314 g/mol. The summed E-state index contributed by atoms with van der Waals surface area (Å²) in [6.45, 7) is 9.05. The summed E-state index contributed by atoms with van der Waals surface area (Å²) in [5, 5.41) is 6.47. The normalized spacial score (nSPS) is 17.6. The van der Waals surface area contributed by atoms with Gasteiger partial charge >= 0.3 is 0 Å². The van der Waals surface area contributed by atoms with Gasteiger partial charge in [-0.15, -0.1) is 0 Å². The number of nitrogens with one attached hydrogen (secondary N) is 2. The first kappa shape index (κ1) is 18.7. The molecule has 1 amide bonds. The highest BCUT2D eigenvalue weighted by atomic mass is 16.7. The van der Waals surface area contributed by atoms with Crippen LogP contribution >= 0.6 is 0 Å². The van der Waals surface area contributed by atoms with E-state index in [-0.39, 0.29) is 12.5 Å². The highest BCUT2D eigenvalue weighted by molar-refractivity contribution is 5.84. The van der Waals surface area contributed by atoms with Gasteiger partial charge in [0.1, 0.15) is 6.54 Å². The monoisotopic (exact) mass is 314 g/mol. The van der Waals surface area contributed by atoms with Gasteiger partial charge in [-0.05, 0) is 12.8 Å². The summed E-state index contributed by atoms with van der Waals surface area (Å²) in [6.07, 6.45) is 0.719. The third-order valence-electron chi connectivity index (χ3n) is 3.32. The van der Waals surface area contributed by atoms with Crippen LogP contribution in [0.3, 0.4) is 0 Å². The van der Waals surface area contributed by atoms with E-state index < -0.39 is 5.79 Å². The second-order valence-corrected chi connectivity index (χ2v) is 6.24. The number of nitrogens with zero attached hydrogens (tertiary/aromatic N) is 2. The number of guanidine groups is 1. The Morgan fingerprint density at radius 3 is 2.45 bits per heavy atom. The molecule has 1 fully saturated rings. The fraction of sp³-hybridized carbons (Fsp3) is 0.867. The van der Waals surface area contributed by atoms with Crippen LogP contribution in [0.5, 0.6) is 0 Å². The molecule has 0 bridgehead atoms. The van der Waals surface area contributed by atoms with E-state index in [1.54, 1.807) is 14.1 Å². The zero-order valence-electron chi connectivity index (χ0n) is 14.4. The molecule has 1 aliphatic rings. The van der Waals surface area contributed by atoms with Crippen molar-refractivity contribution in [3.8, 4) is 0 Å². The Kier molecular flexibility index (Phi) is 7.61. The minimum absolute atomic E-state index is 0.0277. The van der Waals surface area contributed by atoms with E-state index in [2.05, 4.69) is 29.5 Å². The Morgan fingerprint density at radius 2 is 1.91 bits per heavy atom. The third-order valence-corrected chi connectivity index (χ3v) is 3.32. The molecule has 1 rings (SSSR count). The number of carbonyl (C=O) groups is 1. The van der Waals surface area contributed by atoms with E-state index in [9.17, 15) is 4.79 Å². The quantitative estimate of drug-likeness (QED) is 0.526. The number of hydrogen-bond donors (Lipinski definition) is 2. The van der Waals surface area contributed by atoms with Crippen molar-refractivity contribution in [3.05, 3.63) is 0 Å². The van der Waals surface area contributed by atoms with Crippen LogP contribution in [0.2, 0.25) is 0 Å². The van der Waals surface area contributed by atoms with Gasteiger partial charge in [-0.3, -0.25) is 4.79 Å². The van der Waals surface area contributed by atoms with Crippen LogP contribution in [0.1, 0.15) is 27.2 Å². The summed E-state index contributed by atoms with van der Waals surface area (Å²) < 4.78 is 11.1. The van der Waals surface area contributed by atoms with E-state index in [0.29, 0.717) is 31.6 Å². The summed E-state index contributed by atoms with van der Waals surface area (Å²) >= 11 is 0. The van der Waals surface area contributed by atoms with Crippen molar-refractivity contribution in [1.29, 1.82) is 0 Å². The molecule has 1 aliphatic heterocycles. The second-order valence-electron chi connectivity index (χ2n) is 6.24. The van der Waals surface area contributed by atoms with E-state index >= 15 is 0 Å². The molecule has 0 aromatic heterocycles. The molecule has 1 saturated heterocycles. The van der Waals surface area contributed by atoms with Gasteiger partial charge in [0, 0.05) is 33.6 Å². The van der Waals surface area contributed by atoms with Crippen LogP contribution in [-0.2, 0) is 14.3 Å². The molecule has 7 nitrogen and oxygen atoms in total. The first-order valence-electron chi connectivity index (χ1n) is 7.82. The van der Waals surface area contributed by atoms with E-state index in [1.807, 2.05) is 6.92 Å². The molecule has 0 unspecified atom stereocenters. The fourth-order valence-electron chi connectivity index (χ4n) is 1.87. The molecular weight excluding hydrogens is 284 g/mol. The van der Waals surface area contributed by atoms with Crippen LogP contribution in [0, 0.1) is 5.92 Å². The number of carbonyl (C=O) groups excluding carboxylic acids is 1. The van der Waals surface area contributed by atoms with Crippen molar-refractivity contribution in [2.45, 2.75) is 33.0 Å². The molecule has 2 N–H and O–H groups in total. The molecule has 0 aliphatic carbocycles. The van der Waals surface area contributed by atoms with Gasteiger partial charge in [-0.1, -0.05) is 13.8 Å². The molecule has 0 saturated carbocycles. The predicted octanol–water partition coefficient (Wildman–Crippen LogP) is 0.419. The van der Waals surface area contributed by atoms with Gasteiger partial charge < -0.3 is 25.0 Å². The third kappa shape index (κ3) is 7.09. The van der Waals surface area contributed by atoms with Crippen molar-refractivity contribution in [1.82, 2.24) is 15.5 Å². The molecule has 22 heavy (non-hydrogen) atoms. The number of ether oxygens (including phenoxy) is 2. The molecular formula is C15H30N4O3. The molecule has 0 aromatic carbocycles. The Bertz CT molecular complexity index is 377. The first-order chi connectivity index (χ1) is 10.3. The van der Waals surface area contributed by atoms with E-state index in [4.69, 9.17) is 9.47 Å². The molecule has 7 heteroatoms. The summed E-state index contributed by atoms with van der Waals surface area (Å²) in [7, 11) is 3.45. The predicted molar refractivity (Wildman–Crippen MR) is 86.8 cm³/mol. The molecule has 0 atom stereocenters. The molecule has 0 aromatic rings. The van der Waals surface area contributed by atoms with Crippen LogP contribution < -0.4 is 10.6 Å². The van der Waals surface area contributed by atoms with Crippen LogP contribution in [0.25, 0.3) is 0 Å². The molecule has 128 valence electrons. The Labute approximate surface area is 133 Å². The lowest BCUT2D eigenvalue weighted by Crippen LogP contribution is -2.42. The Hall–Kier alpha value is -1.34. The van der Waals surface area contributed by atoms with Gasteiger partial charge in [-0.2, -0.15) is 0 Å². The minimum atomic E-state index is -0.518. The first-order valence-corrected chi connectivity index (χ1v) is 7.82. The highest BCUT2D eigenvalue weighted by Gasteiger charge is 2.30. The zero-order chi connectivity index (χ0) is 16.6. The minimum Gasteiger partial charge on any atom is -0.356 e. The summed E-state index contributed by atoms with van der Waals surface area (Å²) in [6, 6.07) is 0. The van der Waals surface area contributed by atoms with Crippen molar-refractivity contribution in [3.63, 3.8) is 0 Å². The standard InChI is InChI=1S/C15H30N4O3/c1-12(2)10-17-14(18-11-13(20)19(4)5)16-7-6-15(3)21-8-9-22-15/h12H,6-11H2,1-5H3,(H2,16,17,18). The van der Waals surface area contributed by atoms with E-state index in [0.717, 1.165) is 13.0 Å². The topological polar surface area (TPSA) is 75.2 Å². The van der Waals surface area contributed by atoms with Gasteiger partial charge in [0.15, 0.2) is 11.7 Å². The van der Waals surface area contributed by atoms with Crippen molar-refractivity contribution in [2.24, 2.45) is 10.9 Å². The van der Waals surface area contributed by atoms with Crippen LogP contribution in [0.4, 0.5) is 0 Å². The van der Waals surface area contributed by atoms with Crippen molar-refractivity contribution >= 4 is 11.9 Å². The Morgan fingerprint density at radius 1 is 1.27 bits per heavy atom. The molecule has 1 heterocycles. The Balaban J connectivity index is 2.46. The van der Waals surface area contributed by atoms with Gasteiger partial charge in [0.25, 0.3) is 0 Å². The van der Waals surface area contributed by atoms with Gasteiger partial charge in [-0.25, -0.2) is 4.99 Å². The van der Waals surface area contributed by atoms with Gasteiger partial charge in [0.2, 0.25) is 5.91 Å². The lowest BCUT2D eigenvalue weighted by atomic mass is 10.2. The smallest absolute Gasteiger partial charge is 0.243 e. The lowest BCUT2D eigenvalue weighted by molar-refractivity contribution is -0.145. The molecule has 0 spiro atoms. The maximum Gasteiger partial charge on any atom is 0.243 e.